The van der Waals surface area contributed by atoms with Gasteiger partial charge in [-0.25, -0.2) is 0 Å². The number of rotatable bonds is 4. The third kappa shape index (κ3) is 4.32. The molecule has 0 fully saturated rings. The van der Waals surface area contributed by atoms with Gasteiger partial charge in [-0.1, -0.05) is 31.2 Å². The quantitative estimate of drug-likeness (QED) is 0.825. The zero-order valence-electron chi connectivity index (χ0n) is 8.64. The van der Waals surface area contributed by atoms with Crippen LogP contribution in [0, 0.1) is 0 Å². The van der Waals surface area contributed by atoms with Crippen molar-refractivity contribution in [2.24, 2.45) is 5.73 Å². The summed E-state index contributed by atoms with van der Waals surface area (Å²) in [6.45, 7) is 2.08. The number of benzene rings is 1. The summed E-state index contributed by atoms with van der Waals surface area (Å²) in [5.41, 5.74) is 7.64. The third-order valence-corrected chi connectivity index (χ3v) is 2.20. The maximum atomic E-state index is 10.5. The largest absolute Gasteiger partial charge is 0.480 e. The van der Waals surface area contributed by atoms with Crippen LogP contribution in [0.2, 0.25) is 0 Å². The second-order valence-electron chi connectivity index (χ2n) is 3.32. The number of nitrogens with two attached hydrogens (primary N) is 1. The lowest BCUT2D eigenvalue weighted by Gasteiger charge is -2.06. The second-order valence-corrected chi connectivity index (χ2v) is 3.32. The van der Waals surface area contributed by atoms with Crippen LogP contribution in [-0.4, -0.2) is 17.1 Å². The molecule has 0 heterocycles. The Morgan fingerprint density at radius 3 is 2.20 bits per heavy atom. The van der Waals surface area contributed by atoms with Gasteiger partial charge in [0, 0.05) is 0 Å². The molecule has 3 N–H and O–H groups in total. The first-order valence-corrected chi connectivity index (χ1v) is 4.69. The number of aliphatic carboxylic acids is 1. The zero-order chi connectivity index (χ0) is 10.6. The van der Waals surface area contributed by atoms with E-state index in [9.17, 15) is 4.79 Å². The third-order valence-electron chi connectivity index (χ3n) is 2.20. The molecule has 0 amide bonds. The van der Waals surface area contributed by atoms with Crippen LogP contribution in [0.1, 0.15) is 18.1 Å². The highest BCUT2D eigenvalue weighted by atomic mass is 35.5. The molecule has 1 aromatic carbocycles. The highest BCUT2D eigenvalue weighted by Crippen LogP contribution is 2.06. The first-order valence-electron chi connectivity index (χ1n) is 4.69. The van der Waals surface area contributed by atoms with E-state index >= 15 is 0 Å². The highest BCUT2D eigenvalue weighted by molar-refractivity contribution is 5.85. The van der Waals surface area contributed by atoms with Crippen molar-refractivity contribution in [3.63, 3.8) is 0 Å². The van der Waals surface area contributed by atoms with E-state index in [1.807, 2.05) is 24.3 Å². The number of halogens is 1. The van der Waals surface area contributed by atoms with Crippen molar-refractivity contribution in [3.8, 4) is 0 Å². The van der Waals surface area contributed by atoms with Crippen molar-refractivity contribution in [1.29, 1.82) is 0 Å². The van der Waals surface area contributed by atoms with Crippen LogP contribution in [-0.2, 0) is 17.6 Å². The molecule has 3 nitrogen and oxygen atoms in total. The van der Waals surface area contributed by atoms with E-state index in [0.29, 0.717) is 6.42 Å². The summed E-state index contributed by atoms with van der Waals surface area (Å²) in [4.78, 5) is 10.5. The van der Waals surface area contributed by atoms with Crippen LogP contribution in [0.3, 0.4) is 0 Å². The van der Waals surface area contributed by atoms with Gasteiger partial charge < -0.3 is 10.8 Å². The van der Waals surface area contributed by atoms with E-state index < -0.39 is 12.0 Å². The summed E-state index contributed by atoms with van der Waals surface area (Å²) in [6.07, 6.45) is 1.38. The normalized spacial score (nSPS) is 11.6. The van der Waals surface area contributed by atoms with Crippen molar-refractivity contribution >= 4 is 18.4 Å². The Balaban J connectivity index is 0.00000196. The molecule has 15 heavy (non-hydrogen) atoms. The maximum Gasteiger partial charge on any atom is 0.320 e. The molecule has 1 rings (SSSR count). The highest BCUT2D eigenvalue weighted by Gasteiger charge is 2.11. The fraction of sp³-hybridized carbons (Fsp3) is 0.364. The Hall–Kier alpha value is -1.06. The standard InChI is InChI=1S/C11H15NO2.ClH/c1-2-8-3-5-9(6-4-8)7-10(12)11(13)14;/h3-6,10H,2,7,12H2,1H3,(H,13,14);1H/t10-;/m1./s1. The summed E-state index contributed by atoms with van der Waals surface area (Å²) in [6, 6.07) is 7.07. The molecule has 84 valence electrons. The predicted molar refractivity (Wildman–Crippen MR) is 62.4 cm³/mol. The molecule has 0 unspecified atom stereocenters. The van der Waals surface area contributed by atoms with Gasteiger partial charge in [0.25, 0.3) is 0 Å². The number of carbonyl (C=O) groups is 1. The number of carboxylic acid groups (broad SMARTS) is 1. The van der Waals surface area contributed by atoms with Crippen molar-refractivity contribution in [2.75, 3.05) is 0 Å². The van der Waals surface area contributed by atoms with Gasteiger partial charge in [-0.3, -0.25) is 4.79 Å². The molecule has 0 aromatic heterocycles. The minimum Gasteiger partial charge on any atom is -0.480 e. The SMILES string of the molecule is CCc1ccc(C[C@@H](N)C(=O)O)cc1.Cl. The van der Waals surface area contributed by atoms with E-state index in [1.165, 1.54) is 5.56 Å². The molecular weight excluding hydrogens is 214 g/mol. The Morgan fingerprint density at radius 1 is 1.33 bits per heavy atom. The zero-order valence-corrected chi connectivity index (χ0v) is 9.46. The van der Waals surface area contributed by atoms with E-state index in [-0.39, 0.29) is 12.4 Å². The summed E-state index contributed by atoms with van der Waals surface area (Å²) in [5.74, 6) is -0.954. The molecule has 0 saturated heterocycles. The van der Waals surface area contributed by atoms with Crippen molar-refractivity contribution < 1.29 is 9.90 Å². The molecule has 0 saturated carbocycles. The smallest absolute Gasteiger partial charge is 0.320 e. The molecule has 1 aromatic rings. The monoisotopic (exact) mass is 229 g/mol. The van der Waals surface area contributed by atoms with E-state index in [1.54, 1.807) is 0 Å². The van der Waals surface area contributed by atoms with Crippen LogP contribution < -0.4 is 5.73 Å². The molecule has 0 radical (unpaired) electrons. The molecule has 1 atom stereocenters. The van der Waals surface area contributed by atoms with E-state index in [4.69, 9.17) is 10.8 Å². The van der Waals surface area contributed by atoms with Gasteiger partial charge in [-0.15, -0.1) is 12.4 Å². The van der Waals surface area contributed by atoms with Crippen molar-refractivity contribution in [1.82, 2.24) is 0 Å². The maximum absolute atomic E-state index is 10.5. The van der Waals surface area contributed by atoms with Gasteiger partial charge in [0.15, 0.2) is 0 Å². The van der Waals surface area contributed by atoms with E-state index in [0.717, 1.165) is 12.0 Å². The lowest BCUT2D eigenvalue weighted by atomic mass is 10.0. The Kier molecular flexibility index (Phi) is 5.97. The summed E-state index contributed by atoms with van der Waals surface area (Å²) < 4.78 is 0. The fourth-order valence-corrected chi connectivity index (χ4v) is 1.25. The predicted octanol–water partition coefficient (Wildman–Crippen LogP) is 1.63. The van der Waals surface area contributed by atoms with Gasteiger partial charge in [0.1, 0.15) is 6.04 Å². The first kappa shape index (κ1) is 13.9. The van der Waals surface area contributed by atoms with Crippen molar-refractivity contribution in [2.45, 2.75) is 25.8 Å². The number of aryl methyl sites for hydroxylation is 1. The number of hydrogen-bond donors (Lipinski definition) is 2. The Labute approximate surface area is 95.7 Å². The lowest BCUT2D eigenvalue weighted by molar-refractivity contribution is -0.138. The van der Waals surface area contributed by atoms with Gasteiger partial charge >= 0.3 is 5.97 Å². The average Bonchev–Trinajstić information content (AvgIpc) is 2.19. The summed E-state index contributed by atoms with van der Waals surface area (Å²) in [7, 11) is 0. The summed E-state index contributed by atoms with van der Waals surface area (Å²) >= 11 is 0. The molecule has 0 aliphatic carbocycles. The van der Waals surface area contributed by atoms with Crippen LogP contribution in [0.5, 0.6) is 0 Å². The van der Waals surface area contributed by atoms with E-state index in [2.05, 4.69) is 6.92 Å². The topological polar surface area (TPSA) is 63.3 Å². The second kappa shape index (κ2) is 6.43. The average molecular weight is 230 g/mol. The van der Waals surface area contributed by atoms with Gasteiger partial charge in [0.05, 0.1) is 0 Å². The minimum absolute atomic E-state index is 0. The first-order chi connectivity index (χ1) is 6.63. The fourth-order valence-electron chi connectivity index (χ4n) is 1.25. The van der Waals surface area contributed by atoms with Gasteiger partial charge in [0.2, 0.25) is 0 Å². The number of carboxylic acids is 1. The minimum atomic E-state index is -0.954. The van der Waals surface area contributed by atoms with Crippen LogP contribution in [0.4, 0.5) is 0 Å². The van der Waals surface area contributed by atoms with Crippen LogP contribution >= 0.6 is 12.4 Å². The number of hydrogen-bond acceptors (Lipinski definition) is 2. The van der Waals surface area contributed by atoms with Gasteiger partial charge in [-0.05, 0) is 24.0 Å². The van der Waals surface area contributed by atoms with Crippen LogP contribution in [0.15, 0.2) is 24.3 Å². The molecule has 4 heteroatoms. The van der Waals surface area contributed by atoms with Crippen LogP contribution in [0.25, 0.3) is 0 Å². The Morgan fingerprint density at radius 2 is 1.80 bits per heavy atom. The lowest BCUT2D eigenvalue weighted by Crippen LogP contribution is -2.32. The molecule has 0 bridgehead atoms. The molecule has 0 aliphatic rings. The molecule has 0 spiro atoms. The molecular formula is C11H16ClNO2. The Bertz CT molecular complexity index is 311. The van der Waals surface area contributed by atoms with Gasteiger partial charge in [-0.2, -0.15) is 0 Å². The summed E-state index contributed by atoms with van der Waals surface area (Å²) in [5, 5.41) is 8.62. The molecule has 0 aliphatic heterocycles. The van der Waals surface area contributed by atoms with Crippen molar-refractivity contribution in [3.05, 3.63) is 35.4 Å².